The van der Waals surface area contributed by atoms with Gasteiger partial charge < -0.3 is 4.74 Å². The number of amides is 1. The Morgan fingerprint density at radius 2 is 1.76 bits per heavy atom. The second-order valence-corrected chi connectivity index (χ2v) is 6.58. The lowest BCUT2D eigenvalue weighted by Gasteiger charge is -2.26. The van der Waals surface area contributed by atoms with E-state index < -0.39 is 5.91 Å². The third-order valence-electron chi connectivity index (χ3n) is 4.43. The molecule has 1 aromatic carbocycles. The van der Waals surface area contributed by atoms with Gasteiger partial charge in [0.15, 0.2) is 5.78 Å². The van der Waals surface area contributed by atoms with E-state index in [1.807, 2.05) is 18.2 Å². The van der Waals surface area contributed by atoms with Gasteiger partial charge in [0.2, 0.25) is 0 Å². The molecule has 0 saturated carbocycles. The van der Waals surface area contributed by atoms with Crippen LogP contribution in [0.5, 0.6) is 0 Å². The van der Waals surface area contributed by atoms with E-state index in [-0.39, 0.29) is 5.78 Å². The summed E-state index contributed by atoms with van der Waals surface area (Å²) in [6, 6.07) is 12.9. The summed E-state index contributed by atoms with van der Waals surface area (Å²) >= 11 is 0. The average molecular weight is 393 g/mol. The smallest absolute Gasteiger partial charge is 0.267 e. The molecule has 2 heterocycles. The Hall–Kier alpha value is -3.13. The number of benzene rings is 1. The second-order valence-electron chi connectivity index (χ2n) is 6.58. The zero-order chi connectivity index (χ0) is 20.5. The van der Waals surface area contributed by atoms with E-state index in [0.717, 1.165) is 38.4 Å². The number of morpholine rings is 1. The van der Waals surface area contributed by atoms with Crippen molar-refractivity contribution in [2.24, 2.45) is 0 Å². The van der Waals surface area contributed by atoms with Crippen molar-refractivity contribution in [2.75, 3.05) is 26.3 Å². The number of hydrogen-bond donors (Lipinski definition) is 2. The first-order valence-electron chi connectivity index (χ1n) is 9.35. The van der Waals surface area contributed by atoms with E-state index in [4.69, 9.17) is 9.94 Å². The molecule has 1 fully saturated rings. The molecule has 0 radical (unpaired) electrons. The molecule has 1 aliphatic heterocycles. The molecule has 1 aromatic heterocycles. The lowest BCUT2D eigenvalue weighted by molar-refractivity contribution is -0.124. The number of allylic oxidation sites excluding steroid dienone is 1. The number of ketones is 1. The Morgan fingerprint density at radius 1 is 1.07 bits per heavy atom. The quantitative estimate of drug-likeness (QED) is 0.325. The van der Waals surface area contributed by atoms with Crippen LogP contribution in [0.15, 0.2) is 54.6 Å². The largest absolute Gasteiger partial charge is 0.379 e. The Morgan fingerprint density at radius 3 is 2.48 bits per heavy atom. The van der Waals surface area contributed by atoms with Crippen LogP contribution in [0.2, 0.25) is 0 Å². The van der Waals surface area contributed by atoms with Crippen molar-refractivity contribution in [1.29, 1.82) is 0 Å². The van der Waals surface area contributed by atoms with Crippen LogP contribution in [-0.4, -0.2) is 53.1 Å². The summed E-state index contributed by atoms with van der Waals surface area (Å²) in [5, 5.41) is 8.50. The second kappa shape index (κ2) is 10.4. The van der Waals surface area contributed by atoms with E-state index in [2.05, 4.69) is 9.88 Å². The van der Waals surface area contributed by atoms with Crippen LogP contribution in [-0.2, 0) is 16.1 Å². The molecule has 1 aliphatic rings. The van der Waals surface area contributed by atoms with Crippen LogP contribution in [0, 0.1) is 0 Å². The van der Waals surface area contributed by atoms with Gasteiger partial charge in [0, 0.05) is 31.3 Å². The number of carbonyl (C=O) groups is 2. The lowest BCUT2D eigenvalue weighted by atomic mass is 10.1. The highest BCUT2D eigenvalue weighted by Gasteiger charge is 2.11. The number of nitrogens with one attached hydrogen (secondary N) is 1. The molecule has 7 nitrogen and oxygen atoms in total. The molecule has 1 saturated heterocycles. The standard InChI is InChI=1S/C22H23N3O4/c26-21(9-7-19-5-2-6-20(23-19)8-10-22(27)24-28)18-4-1-3-17(15-18)16-25-11-13-29-14-12-25/h1-10,15,28H,11-14,16H2,(H,24,27)/b9-7+,10-8+. The molecule has 2 aromatic rings. The number of hydroxylamine groups is 1. The zero-order valence-corrected chi connectivity index (χ0v) is 16.0. The number of aromatic nitrogens is 1. The molecule has 0 atom stereocenters. The zero-order valence-electron chi connectivity index (χ0n) is 16.0. The normalized spacial score (nSPS) is 15.1. The summed E-state index contributed by atoms with van der Waals surface area (Å²) in [7, 11) is 0. The van der Waals surface area contributed by atoms with Crippen molar-refractivity contribution < 1.29 is 19.5 Å². The van der Waals surface area contributed by atoms with Gasteiger partial charge in [0.25, 0.3) is 5.91 Å². The fraction of sp³-hybridized carbons (Fsp3) is 0.227. The molecular formula is C22H23N3O4. The van der Waals surface area contributed by atoms with E-state index in [9.17, 15) is 9.59 Å². The number of pyridine rings is 1. The van der Waals surface area contributed by atoms with Crippen LogP contribution in [0.3, 0.4) is 0 Å². The molecule has 3 rings (SSSR count). The van der Waals surface area contributed by atoms with Gasteiger partial charge in [-0.25, -0.2) is 10.5 Å². The van der Waals surface area contributed by atoms with Gasteiger partial charge in [-0.05, 0) is 42.0 Å². The summed E-state index contributed by atoms with van der Waals surface area (Å²) < 4.78 is 5.37. The first kappa shape index (κ1) is 20.6. The Labute approximate surface area is 169 Å². The molecule has 0 unspecified atom stereocenters. The van der Waals surface area contributed by atoms with Crippen LogP contribution >= 0.6 is 0 Å². The van der Waals surface area contributed by atoms with Crippen LogP contribution in [0.1, 0.15) is 27.3 Å². The van der Waals surface area contributed by atoms with Crippen molar-refractivity contribution in [1.82, 2.24) is 15.4 Å². The summed E-state index contributed by atoms with van der Waals surface area (Å²) in [5.41, 5.74) is 4.37. The first-order chi connectivity index (χ1) is 14.1. The van der Waals surface area contributed by atoms with Gasteiger partial charge in [-0.1, -0.05) is 24.3 Å². The van der Waals surface area contributed by atoms with E-state index >= 15 is 0 Å². The summed E-state index contributed by atoms with van der Waals surface area (Å²) in [5.74, 6) is -0.740. The van der Waals surface area contributed by atoms with Crippen molar-refractivity contribution in [3.63, 3.8) is 0 Å². The van der Waals surface area contributed by atoms with Crippen molar-refractivity contribution >= 4 is 23.8 Å². The Balaban J connectivity index is 1.65. The van der Waals surface area contributed by atoms with E-state index in [1.54, 1.807) is 30.3 Å². The fourth-order valence-electron chi connectivity index (χ4n) is 2.95. The van der Waals surface area contributed by atoms with Gasteiger partial charge in [-0.2, -0.15) is 0 Å². The summed E-state index contributed by atoms with van der Waals surface area (Å²) in [4.78, 5) is 30.3. The van der Waals surface area contributed by atoms with Gasteiger partial charge in [-0.3, -0.25) is 19.7 Å². The number of rotatable bonds is 7. The molecule has 0 spiro atoms. The molecule has 2 N–H and O–H groups in total. The predicted molar refractivity (Wildman–Crippen MR) is 109 cm³/mol. The maximum absolute atomic E-state index is 12.6. The topological polar surface area (TPSA) is 91.8 Å². The minimum Gasteiger partial charge on any atom is -0.379 e. The minimum atomic E-state index is -0.639. The molecule has 1 amide bonds. The summed E-state index contributed by atoms with van der Waals surface area (Å²) in [6.07, 6.45) is 5.77. The first-order valence-corrected chi connectivity index (χ1v) is 9.35. The molecule has 0 bridgehead atoms. The van der Waals surface area contributed by atoms with Crippen LogP contribution in [0.4, 0.5) is 0 Å². The Kier molecular flexibility index (Phi) is 7.40. The third-order valence-corrected chi connectivity index (χ3v) is 4.43. The van der Waals surface area contributed by atoms with Gasteiger partial charge >= 0.3 is 0 Å². The average Bonchev–Trinajstić information content (AvgIpc) is 2.77. The van der Waals surface area contributed by atoms with Crippen molar-refractivity contribution in [3.8, 4) is 0 Å². The molecule has 29 heavy (non-hydrogen) atoms. The number of ether oxygens (including phenoxy) is 1. The Bertz CT molecular complexity index is 918. The minimum absolute atomic E-state index is 0.101. The van der Waals surface area contributed by atoms with E-state index in [1.165, 1.54) is 23.7 Å². The fourth-order valence-corrected chi connectivity index (χ4v) is 2.95. The highest BCUT2D eigenvalue weighted by Crippen LogP contribution is 2.12. The SMILES string of the molecule is O=C(/C=C/c1cccc(/C=C/C(=O)c2cccc(CN3CCOCC3)c2)n1)NO. The van der Waals surface area contributed by atoms with Crippen molar-refractivity contribution in [2.45, 2.75) is 6.54 Å². The maximum Gasteiger partial charge on any atom is 0.267 e. The lowest BCUT2D eigenvalue weighted by Crippen LogP contribution is -2.35. The number of nitrogens with zero attached hydrogens (tertiary/aromatic N) is 2. The maximum atomic E-state index is 12.6. The number of hydrogen-bond acceptors (Lipinski definition) is 6. The highest BCUT2D eigenvalue weighted by atomic mass is 16.5. The van der Waals surface area contributed by atoms with Gasteiger partial charge in [-0.15, -0.1) is 0 Å². The monoisotopic (exact) mass is 393 g/mol. The van der Waals surface area contributed by atoms with Gasteiger partial charge in [0.1, 0.15) is 0 Å². The highest BCUT2D eigenvalue weighted by molar-refractivity contribution is 6.06. The summed E-state index contributed by atoms with van der Waals surface area (Å²) in [6.45, 7) is 4.08. The molecule has 150 valence electrons. The molecule has 7 heteroatoms. The third kappa shape index (κ3) is 6.46. The van der Waals surface area contributed by atoms with Crippen LogP contribution in [0.25, 0.3) is 12.2 Å². The van der Waals surface area contributed by atoms with Gasteiger partial charge in [0.05, 0.1) is 24.6 Å². The molecule has 0 aliphatic carbocycles. The van der Waals surface area contributed by atoms with Crippen LogP contribution < -0.4 is 5.48 Å². The number of carbonyl (C=O) groups excluding carboxylic acids is 2. The predicted octanol–water partition coefficient (Wildman–Crippen LogP) is 2.33. The molecular weight excluding hydrogens is 370 g/mol. The van der Waals surface area contributed by atoms with E-state index in [0.29, 0.717) is 17.0 Å². The van der Waals surface area contributed by atoms with Crippen molar-refractivity contribution in [3.05, 3.63) is 77.1 Å².